The maximum Gasteiger partial charge on any atom is 0.202 e. The molecule has 1 unspecified atom stereocenters. The van der Waals surface area contributed by atoms with Crippen molar-refractivity contribution in [2.45, 2.75) is 12.8 Å². The lowest BCUT2D eigenvalue weighted by Gasteiger charge is -2.06. The lowest BCUT2D eigenvalue weighted by Crippen LogP contribution is -1.95. The first kappa shape index (κ1) is 11.7. The Balaban J connectivity index is 1.90. The fraction of sp³-hybridized carbons (Fsp3) is 0.118. The quantitative estimate of drug-likeness (QED) is 0.683. The van der Waals surface area contributed by atoms with E-state index in [2.05, 4.69) is 24.0 Å². The van der Waals surface area contributed by atoms with Gasteiger partial charge in [0.2, 0.25) is 5.89 Å². The minimum atomic E-state index is 0.165. The van der Waals surface area contributed by atoms with Gasteiger partial charge in [0.1, 0.15) is 0 Å². The lowest BCUT2D eigenvalue weighted by molar-refractivity contribution is 0.491. The van der Waals surface area contributed by atoms with E-state index in [1.807, 2.05) is 48.5 Å². The Bertz CT molecular complexity index is 643. The number of nitrogens with zero attached hydrogens (tertiary/aromatic N) is 1. The zero-order valence-corrected chi connectivity index (χ0v) is 10.8. The third-order valence-corrected chi connectivity index (χ3v) is 3.25. The molecule has 0 amide bonds. The molecule has 2 nitrogen and oxygen atoms in total. The van der Waals surface area contributed by atoms with Gasteiger partial charge in [0.05, 0.1) is 12.1 Å². The summed E-state index contributed by atoms with van der Waals surface area (Å²) in [6, 6.07) is 20.3. The van der Waals surface area contributed by atoms with Crippen molar-refractivity contribution in [2.24, 2.45) is 0 Å². The van der Waals surface area contributed by atoms with Gasteiger partial charge in [0, 0.05) is 5.56 Å². The molecule has 94 valence electrons. The van der Waals surface area contributed by atoms with Crippen molar-refractivity contribution in [1.82, 2.24) is 4.98 Å². The highest BCUT2D eigenvalue weighted by atomic mass is 16.4. The van der Waals surface area contributed by atoms with E-state index in [1.54, 1.807) is 6.20 Å². The molecule has 0 aliphatic heterocycles. The summed E-state index contributed by atoms with van der Waals surface area (Å²) in [7, 11) is 0. The highest BCUT2D eigenvalue weighted by Gasteiger charge is 2.14. The number of rotatable bonds is 3. The molecule has 2 heteroatoms. The predicted molar refractivity (Wildman–Crippen MR) is 75.9 cm³/mol. The Kier molecular flexibility index (Phi) is 3.15. The Hall–Kier alpha value is -2.35. The van der Waals surface area contributed by atoms with Gasteiger partial charge in [-0.3, -0.25) is 0 Å². The van der Waals surface area contributed by atoms with E-state index in [-0.39, 0.29) is 5.92 Å². The minimum absolute atomic E-state index is 0.165. The van der Waals surface area contributed by atoms with Crippen molar-refractivity contribution in [2.75, 3.05) is 0 Å². The van der Waals surface area contributed by atoms with Crippen LogP contribution in [0.3, 0.4) is 0 Å². The van der Waals surface area contributed by atoms with Gasteiger partial charge in [0.25, 0.3) is 0 Å². The van der Waals surface area contributed by atoms with Crippen molar-refractivity contribution >= 4 is 0 Å². The van der Waals surface area contributed by atoms with Crippen LogP contribution in [-0.4, -0.2) is 4.98 Å². The van der Waals surface area contributed by atoms with Gasteiger partial charge in [-0.15, -0.1) is 0 Å². The van der Waals surface area contributed by atoms with Crippen LogP contribution < -0.4 is 0 Å². The molecule has 2 aromatic carbocycles. The first-order valence-corrected chi connectivity index (χ1v) is 6.40. The maximum atomic E-state index is 5.87. The molecule has 0 N–H and O–H groups in total. The Labute approximate surface area is 112 Å². The SMILES string of the molecule is CC(c1ccccc1)c1ncc(-c2ccccc2)o1. The molecule has 0 fully saturated rings. The fourth-order valence-electron chi connectivity index (χ4n) is 2.11. The molecule has 3 rings (SSSR count). The number of hydrogen-bond acceptors (Lipinski definition) is 2. The smallest absolute Gasteiger partial charge is 0.202 e. The molecule has 0 saturated carbocycles. The summed E-state index contributed by atoms with van der Waals surface area (Å²) in [5.41, 5.74) is 2.27. The lowest BCUT2D eigenvalue weighted by atomic mass is 10.0. The second-order valence-electron chi connectivity index (χ2n) is 4.56. The molecule has 0 aliphatic carbocycles. The number of aromatic nitrogens is 1. The van der Waals surface area contributed by atoms with Crippen LogP contribution in [0, 0.1) is 0 Å². The van der Waals surface area contributed by atoms with Crippen molar-refractivity contribution < 1.29 is 4.42 Å². The van der Waals surface area contributed by atoms with Crippen molar-refractivity contribution in [3.8, 4) is 11.3 Å². The molecule has 0 radical (unpaired) electrons. The van der Waals surface area contributed by atoms with Gasteiger partial charge >= 0.3 is 0 Å². The molecule has 1 atom stereocenters. The first-order chi connectivity index (χ1) is 9.34. The maximum absolute atomic E-state index is 5.87. The predicted octanol–water partition coefficient (Wildman–Crippen LogP) is 4.49. The van der Waals surface area contributed by atoms with Crippen LogP contribution in [0.15, 0.2) is 71.3 Å². The summed E-state index contributed by atoms with van der Waals surface area (Å²) in [5.74, 6) is 1.74. The molecular weight excluding hydrogens is 234 g/mol. The zero-order chi connectivity index (χ0) is 13.1. The molecule has 0 saturated heterocycles. The summed E-state index contributed by atoms with van der Waals surface area (Å²) in [5, 5.41) is 0. The summed E-state index contributed by atoms with van der Waals surface area (Å²) in [4.78, 5) is 4.40. The van der Waals surface area contributed by atoms with E-state index in [4.69, 9.17) is 4.42 Å². The van der Waals surface area contributed by atoms with E-state index in [9.17, 15) is 0 Å². The topological polar surface area (TPSA) is 26.0 Å². The minimum Gasteiger partial charge on any atom is -0.440 e. The molecule has 0 aliphatic rings. The van der Waals surface area contributed by atoms with Crippen molar-refractivity contribution in [3.05, 3.63) is 78.3 Å². The van der Waals surface area contributed by atoms with Crippen LogP contribution in [0.25, 0.3) is 11.3 Å². The third kappa shape index (κ3) is 2.43. The van der Waals surface area contributed by atoms with Crippen LogP contribution in [0.2, 0.25) is 0 Å². The standard InChI is InChI=1S/C17H15NO/c1-13(14-8-4-2-5-9-14)17-18-12-16(19-17)15-10-6-3-7-11-15/h2-13H,1H3. The van der Waals surface area contributed by atoms with Crippen molar-refractivity contribution in [1.29, 1.82) is 0 Å². The van der Waals surface area contributed by atoms with Gasteiger partial charge in [-0.25, -0.2) is 4.98 Å². The average molecular weight is 249 g/mol. The third-order valence-electron chi connectivity index (χ3n) is 3.25. The van der Waals surface area contributed by atoms with Gasteiger partial charge in [-0.1, -0.05) is 60.7 Å². The number of benzene rings is 2. The van der Waals surface area contributed by atoms with Crippen LogP contribution in [-0.2, 0) is 0 Å². The van der Waals surface area contributed by atoms with Gasteiger partial charge in [-0.05, 0) is 12.5 Å². The Morgan fingerprint density at radius 1 is 0.895 bits per heavy atom. The molecule has 1 aromatic heterocycles. The summed E-state index contributed by atoms with van der Waals surface area (Å²) < 4.78 is 5.87. The Morgan fingerprint density at radius 3 is 2.21 bits per heavy atom. The molecule has 3 aromatic rings. The highest BCUT2D eigenvalue weighted by Crippen LogP contribution is 2.27. The van der Waals surface area contributed by atoms with E-state index in [1.165, 1.54) is 5.56 Å². The second-order valence-corrected chi connectivity index (χ2v) is 4.56. The van der Waals surface area contributed by atoms with E-state index >= 15 is 0 Å². The number of hydrogen-bond donors (Lipinski definition) is 0. The van der Waals surface area contributed by atoms with E-state index in [0.29, 0.717) is 0 Å². The van der Waals surface area contributed by atoms with Crippen LogP contribution in [0.5, 0.6) is 0 Å². The monoisotopic (exact) mass is 249 g/mol. The van der Waals surface area contributed by atoms with Crippen LogP contribution in [0.1, 0.15) is 24.3 Å². The molecule has 0 spiro atoms. The normalized spacial score (nSPS) is 12.3. The molecule has 0 bridgehead atoms. The Morgan fingerprint density at radius 2 is 1.53 bits per heavy atom. The van der Waals surface area contributed by atoms with E-state index in [0.717, 1.165) is 17.2 Å². The molecular formula is C17H15NO. The zero-order valence-electron chi connectivity index (χ0n) is 10.8. The molecule has 19 heavy (non-hydrogen) atoms. The van der Waals surface area contributed by atoms with Crippen LogP contribution in [0.4, 0.5) is 0 Å². The second kappa shape index (κ2) is 5.11. The fourth-order valence-corrected chi connectivity index (χ4v) is 2.11. The number of oxazole rings is 1. The van der Waals surface area contributed by atoms with E-state index < -0.39 is 0 Å². The van der Waals surface area contributed by atoms with Crippen LogP contribution >= 0.6 is 0 Å². The summed E-state index contributed by atoms with van der Waals surface area (Å²) in [6.45, 7) is 2.11. The average Bonchev–Trinajstić information content (AvgIpc) is 2.98. The largest absolute Gasteiger partial charge is 0.440 e. The summed E-state index contributed by atoms with van der Waals surface area (Å²) >= 11 is 0. The van der Waals surface area contributed by atoms with Gasteiger partial charge in [-0.2, -0.15) is 0 Å². The summed E-state index contributed by atoms with van der Waals surface area (Å²) in [6.07, 6.45) is 1.80. The van der Waals surface area contributed by atoms with Gasteiger partial charge < -0.3 is 4.42 Å². The molecule has 1 heterocycles. The van der Waals surface area contributed by atoms with Gasteiger partial charge in [0.15, 0.2) is 5.76 Å². The highest BCUT2D eigenvalue weighted by molar-refractivity contribution is 5.55. The first-order valence-electron chi connectivity index (χ1n) is 6.40. The van der Waals surface area contributed by atoms with Crippen molar-refractivity contribution in [3.63, 3.8) is 0 Å².